The molecule has 174 valence electrons. The number of amides is 1. The summed E-state index contributed by atoms with van der Waals surface area (Å²) in [7, 11) is 0. The average molecular weight is 455 g/mol. The Labute approximate surface area is 190 Å². The van der Waals surface area contributed by atoms with E-state index in [4.69, 9.17) is 5.26 Å². The number of rotatable bonds is 8. The van der Waals surface area contributed by atoms with E-state index in [1.807, 2.05) is 6.07 Å². The summed E-state index contributed by atoms with van der Waals surface area (Å²) < 4.78 is 15.6. The lowest BCUT2D eigenvalue weighted by atomic mass is 10.0. The SMILES string of the molecule is CC(C)(CO)Nc1cc(-n2ncc3cc(C#N)cnc32)ncc1C(=O)NCC(F)C(C)(C)O. The number of anilines is 1. The predicted molar refractivity (Wildman–Crippen MR) is 120 cm³/mol. The van der Waals surface area contributed by atoms with Gasteiger partial charge in [0.1, 0.15) is 12.2 Å². The van der Waals surface area contributed by atoms with Crippen LogP contribution in [0.5, 0.6) is 0 Å². The highest BCUT2D eigenvalue weighted by atomic mass is 19.1. The fraction of sp³-hybridized carbons (Fsp3) is 0.409. The Morgan fingerprint density at radius 2 is 1.97 bits per heavy atom. The first-order valence-corrected chi connectivity index (χ1v) is 10.2. The topological polar surface area (TPSA) is 149 Å². The number of halogens is 1. The minimum Gasteiger partial charge on any atom is -0.394 e. The highest BCUT2D eigenvalue weighted by Gasteiger charge is 2.28. The monoisotopic (exact) mass is 455 g/mol. The summed E-state index contributed by atoms with van der Waals surface area (Å²) in [6, 6.07) is 5.24. The molecule has 11 heteroatoms. The lowest BCUT2D eigenvalue weighted by Gasteiger charge is -2.27. The number of alkyl halides is 1. The molecule has 0 aliphatic heterocycles. The number of aliphatic hydroxyl groups excluding tert-OH is 1. The van der Waals surface area contributed by atoms with Crippen molar-refractivity contribution in [2.45, 2.75) is 45.0 Å². The Morgan fingerprint density at radius 1 is 1.24 bits per heavy atom. The third kappa shape index (κ3) is 5.42. The van der Waals surface area contributed by atoms with Gasteiger partial charge in [0.2, 0.25) is 0 Å². The molecular weight excluding hydrogens is 429 g/mol. The second-order valence-corrected chi connectivity index (χ2v) is 8.89. The Hall–Kier alpha value is -3.62. The zero-order valence-electron chi connectivity index (χ0n) is 18.8. The first kappa shape index (κ1) is 24.0. The number of hydrogen-bond acceptors (Lipinski definition) is 8. The van der Waals surface area contributed by atoms with Gasteiger partial charge < -0.3 is 20.8 Å². The van der Waals surface area contributed by atoms with E-state index in [0.29, 0.717) is 28.1 Å². The van der Waals surface area contributed by atoms with Crippen molar-refractivity contribution in [1.29, 1.82) is 5.26 Å². The molecule has 0 spiro atoms. The molecule has 0 saturated carbocycles. The largest absolute Gasteiger partial charge is 0.394 e. The molecule has 0 aliphatic rings. The highest BCUT2D eigenvalue weighted by Crippen LogP contribution is 2.24. The molecule has 3 aromatic heterocycles. The molecule has 0 fully saturated rings. The van der Waals surface area contributed by atoms with E-state index in [2.05, 4.69) is 25.7 Å². The average Bonchev–Trinajstić information content (AvgIpc) is 3.19. The minimum atomic E-state index is -1.67. The molecule has 4 N–H and O–H groups in total. The van der Waals surface area contributed by atoms with Gasteiger partial charge in [-0.3, -0.25) is 4.79 Å². The van der Waals surface area contributed by atoms with Crippen LogP contribution in [0.2, 0.25) is 0 Å². The minimum absolute atomic E-state index is 0.124. The van der Waals surface area contributed by atoms with Crippen molar-refractivity contribution in [1.82, 2.24) is 25.1 Å². The Morgan fingerprint density at radius 3 is 2.61 bits per heavy atom. The molecule has 1 amide bonds. The zero-order chi connectivity index (χ0) is 24.4. The number of nitrogens with zero attached hydrogens (tertiary/aromatic N) is 5. The summed E-state index contributed by atoms with van der Waals surface area (Å²) in [4.78, 5) is 21.4. The van der Waals surface area contributed by atoms with Crippen LogP contribution in [0.1, 0.15) is 43.6 Å². The van der Waals surface area contributed by atoms with E-state index >= 15 is 0 Å². The molecule has 1 atom stereocenters. The number of fused-ring (bicyclic) bond motifs is 1. The molecule has 0 bridgehead atoms. The van der Waals surface area contributed by atoms with Crippen molar-refractivity contribution in [3.8, 4) is 11.9 Å². The quantitative estimate of drug-likeness (QED) is 0.401. The molecule has 1 unspecified atom stereocenters. The number of nitriles is 1. The summed E-state index contributed by atoms with van der Waals surface area (Å²) in [6.07, 6.45) is 2.62. The maximum atomic E-state index is 14.1. The summed E-state index contributed by atoms with van der Waals surface area (Å²) >= 11 is 0. The molecular formula is C22H26FN7O3. The van der Waals surface area contributed by atoms with Crippen molar-refractivity contribution in [2.24, 2.45) is 0 Å². The van der Waals surface area contributed by atoms with Gasteiger partial charge in [0, 0.05) is 23.8 Å². The number of carbonyl (C=O) groups is 1. The molecule has 0 aliphatic carbocycles. The van der Waals surface area contributed by atoms with Crippen LogP contribution in [-0.2, 0) is 0 Å². The second kappa shape index (κ2) is 9.09. The van der Waals surface area contributed by atoms with E-state index in [9.17, 15) is 19.4 Å². The first-order chi connectivity index (χ1) is 15.4. The standard InChI is InChI=1S/C22H26FN7O3/c1-21(2,12-31)29-16-6-18(30-19-14(9-28-30)5-13(7-24)8-26-19)25-10-15(16)20(32)27-11-17(23)22(3,4)33/h5-6,8-10,17,31,33H,11-12H2,1-4H3,(H,25,29)(H,27,32). The van der Waals surface area contributed by atoms with Gasteiger partial charge in [0.25, 0.3) is 5.91 Å². The van der Waals surface area contributed by atoms with Crippen LogP contribution in [0.25, 0.3) is 16.9 Å². The van der Waals surface area contributed by atoms with Crippen LogP contribution in [0.15, 0.2) is 30.7 Å². The predicted octanol–water partition coefficient (Wildman–Crippen LogP) is 1.71. The van der Waals surface area contributed by atoms with E-state index in [1.54, 1.807) is 32.2 Å². The molecule has 3 heterocycles. The molecule has 3 aromatic rings. The highest BCUT2D eigenvalue weighted by molar-refractivity contribution is 5.99. The van der Waals surface area contributed by atoms with Gasteiger partial charge in [-0.05, 0) is 33.8 Å². The van der Waals surface area contributed by atoms with E-state index in [-0.39, 0.29) is 18.7 Å². The Balaban J connectivity index is 1.99. The fourth-order valence-electron chi connectivity index (χ4n) is 2.93. The van der Waals surface area contributed by atoms with E-state index in [0.717, 1.165) is 0 Å². The number of hydrogen-bond donors (Lipinski definition) is 4. The second-order valence-electron chi connectivity index (χ2n) is 8.89. The normalized spacial score (nSPS) is 12.9. The Bertz CT molecular complexity index is 1210. The van der Waals surface area contributed by atoms with Crippen LogP contribution < -0.4 is 10.6 Å². The fourth-order valence-corrected chi connectivity index (χ4v) is 2.93. The first-order valence-electron chi connectivity index (χ1n) is 10.2. The van der Waals surface area contributed by atoms with E-state index in [1.165, 1.54) is 30.9 Å². The summed E-state index contributed by atoms with van der Waals surface area (Å²) in [5, 5.41) is 39.0. The maximum Gasteiger partial charge on any atom is 0.255 e. The number of nitrogens with one attached hydrogen (secondary N) is 2. The molecule has 0 aromatic carbocycles. The summed E-state index contributed by atoms with van der Waals surface area (Å²) in [5.74, 6) is -0.255. The van der Waals surface area contributed by atoms with Crippen molar-refractivity contribution in [3.63, 3.8) is 0 Å². The number of aliphatic hydroxyl groups is 2. The molecule has 33 heavy (non-hydrogen) atoms. The molecule has 0 saturated heterocycles. The summed E-state index contributed by atoms with van der Waals surface area (Å²) in [6.45, 7) is 5.52. The van der Waals surface area contributed by atoms with E-state index < -0.39 is 23.2 Å². The Kier molecular flexibility index (Phi) is 6.62. The van der Waals surface area contributed by atoms with Crippen LogP contribution in [0.4, 0.5) is 10.1 Å². The van der Waals surface area contributed by atoms with Crippen LogP contribution in [0.3, 0.4) is 0 Å². The molecule has 3 rings (SSSR count). The summed E-state index contributed by atoms with van der Waals surface area (Å²) in [5.41, 5.74) is -1.06. The van der Waals surface area contributed by atoms with Gasteiger partial charge in [0.05, 0.1) is 47.3 Å². The van der Waals surface area contributed by atoms with Gasteiger partial charge in [-0.2, -0.15) is 15.0 Å². The lowest BCUT2D eigenvalue weighted by molar-refractivity contribution is -0.00177. The van der Waals surface area contributed by atoms with Crippen LogP contribution >= 0.6 is 0 Å². The number of aromatic nitrogens is 4. The van der Waals surface area contributed by atoms with Crippen molar-refractivity contribution in [3.05, 3.63) is 41.9 Å². The van der Waals surface area contributed by atoms with Gasteiger partial charge in [-0.15, -0.1) is 0 Å². The molecule has 10 nitrogen and oxygen atoms in total. The van der Waals surface area contributed by atoms with Crippen molar-refractivity contribution in [2.75, 3.05) is 18.5 Å². The number of pyridine rings is 2. The van der Waals surface area contributed by atoms with Crippen molar-refractivity contribution >= 4 is 22.6 Å². The van der Waals surface area contributed by atoms with Crippen molar-refractivity contribution < 1.29 is 19.4 Å². The van der Waals surface area contributed by atoms with Gasteiger partial charge in [0.15, 0.2) is 11.5 Å². The van der Waals surface area contributed by atoms with Gasteiger partial charge >= 0.3 is 0 Å². The third-order valence-electron chi connectivity index (χ3n) is 4.97. The van der Waals surface area contributed by atoms with Crippen LogP contribution in [0, 0.1) is 11.3 Å². The van der Waals surface area contributed by atoms with Gasteiger partial charge in [-0.1, -0.05) is 0 Å². The maximum absolute atomic E-state index is 14.1. The number of carbonyl (C=O) groups excluding carboxylic acids is 1. The molecule has 0 radical (unpaired) electrons. The smallest absolute Gasteiger partial charge is 0.255 e. The third-order valence-corrected chi connectivity index (χ3v) is 4.97. The van der Waals surface area contributed by atoms with Crippen LogP contribution in [-0.4, -0.2) is 66.3 Å². The lowest BCUT2D eigenvalue weighted by Crippen LogP contribution is -2.42. The van der Waals surface area contributed by atoms with Gasteiger partial charge in [-0.25, -0.2) is 14.4 Å². The zero-order valence-corrected chi connectivity index (χ0v) is 18.8.